The maximum atomic E-state index is 11.5. The van der Waals surface area contributed by atoms with Gasteiger partial charge in [0.2, 0.25) is 0 Å². The van der Waals surface area contributed by atoms with E-state index in [0.717, 1.165) is 22.8 Å². The Morgan fingerprint density at radius 2 is 1.52 bits per heavy atom. The molecule has 0 spiro atoms. The van der Waals surface area contributed by atoms with E-state index < -0.39 is 5.97 Å². The first-order valence-corrected chi connectivity index (χ1v) is 11.1. The van der Waals surface area contributed by atoms with Crippen molar-refractivity contribution < 1.29 is 15.0 Å². The van der Waals surface area contributed by atoms with Gasteiger partial charge in [-0.1, -0.05) is 17.7 Å². The maximum Gasteiger partial charge on any atom is 0.317 e. The summed E-state index contributed by atoms with van der Waals surface area (Å²) in [5.74, 6) is 1.02. The normalized spacial score (nSPS) is 11.8. The lowest BCUT2D eigenvalue weighted by molar-refractivity contribution is -0.138. The summed E-state index contributed by atoms with van der Waals surface area (Å²) in [4.78, 5) is 24.3. The SMILES string of the molecule is Cc1cc(CN(CC(=O)O)Cc2nccn2C)c(O)c(CN(Cc2nccn2C)C(C)C)c1. The van der Waals surface area contributed by atoms with Crippen molar-refractivity contribution in [2.45, 2.75) is 53.0 Å². The molecule has 0 aliphatic heterocycles. The fourth-order valence-corrected chi connectivity index (χ4v) is 3.89. The van der Waals surface area contributed by atoms with E-state index >= 15 is 0 Å². The van der Waals surface area contributed by atoms with Crippen LogP contribution in [-0.2, 0) is 45.1 Å². The predicted octanol–water partition coefficient (Wildman–Crippen LogP) is 2.67. The van der Waals surface area contributed by atoms with Gasteiger partial charge in [-0.25, -0.2) is 9.97 Å². The third-order valence-electron chi connectivity index (χ3n) is 5.82. The molecule has 9 nitrogen and oxygen atoms in total. The average Bonchev–Trinajstić information content (AvgIpc) is 3.32. The highest BCUT2D eigenvalue weighted by Crippen LogP contribution is 2.28. The first-order chi connectivity index (χ1) is 15.6. The smallest absolute Gasteiger partial charge is 0.317 e. The van der Waals surface area contributed by atoms with Crippen molar-refractivity contribution in [3.63, 3.8) is 0 Å². The molecule has 0 bridgehead atoms. The van der Waals surface area contributed by atoms with E-state index in [4.69, 9.17) is 0 Å². The van der Waals surface area contributed by atoms with Gasteiger partial charge in [0.15, 0.2) is 0 Å². The van der Waals surface area contributed by atoms with Gasteiger partial charge in [-0.15, -0.1) is 0 Å². The Labute approximate surface area is 194 Å². The van der Waals surface area contributed by atoms with Crippen molar-refractivity contribution in [1.82, 2.24) is 28.9 Å². The van der Waals surface area contributed by atoms with Crippen molar-refractivity contribution in [3.05, 3.63) is 65.3 Å². The van der Waals surface area contributed by atoms with E-state index in [2.05, 4.69) is 28.7 Å². The number of aromatic hydroxyl groups is 1. The number of carbonyl (C=O) groups is 1. The first kappa shape index (κ1) is 24.5. The Bertz CT molecular complexity index is 1090. The van der Waals surface area contributed by atoms with Gasteiger partial charge in [-0.05, 0) is 20.8 Å². The number of hydrogen-bond donors (Lipinski definition) is 2. The van der Waals surface area contributed by atoms with Crippen LogP contribution in [0.3, 0.4) is 0 Å². The molecule has 2 heterocycles. The number of benzene rings is 1. The predicted molar refractivity (Wildman–Crippen MR) is 125 cm³/mol. The molecule has 9 heteroatoms. The van der Waals surface area contributed by atoms with Crippen LogP contribution in [0.4, 0.5) is 0 Å². The van der Waals surface area contributed by atoms with Gasteiger partial charge < -0.3 is 19.3 Å². The molecule has 0 aliphatic rings. The third-order valence-corrected chi connectivity index (χ3v) is 5.82. The molecule has 2 N–H and O–H groups in total. The van der Waals surface area contributed by atoms with Gasteiger partial charge >= 0.3 is 5.97 Å². The second kappa shape index (κ2) is 10.6. The monoisotopic (exact) mass is 454 g/mol. The van der Waals surface area contributed by atoms with E-state index in [1.807, 2.05) is 54.7 Å². The molecular formula is C24H34N6O3. The maximum absolute atomic E-state index is 11.5. The van der Waals surface area contributed by atoms with E-state index in [1.54, 1.807) is 17.3 Å². The van der Waals surface area contributed by atoms with E-state index in [0.29, 0.717) is 31.7 Å². The molecule has 0 aliphatic carbocycles. The molecule has 1 aromatic carbocycles. The van der Waals surface area contributed by atoms with Crippen LogP contribution in [0, 0.1) is 6.92 Å². The topological polar surface area (TPSA) is 99.7 Å². The first-order valence-electron chi connectivity index (χ1n) is 11.1. The summed E-state index contributed by atoms with van der Waals surface area (Å²) in [6, 6.07) is 4.16. The molecule has 0 radical (unpaired) electrons. The van der Waals surface area contributed by atoms with Gasteiger partial charge in [-0.2, -0.15) is 0 Å². The molecule has 0 atom stereocenters. The largest absolute Gasteiger partial charge is 0.507 e. The Morgan fingerprint density at radius 1 is 0.970 bits per heavy atom. The molecule has 0 saturated heterocycles. The highest BCUT2D eigenvalue weighted by atomic mass is 16.4. The van der Waals surface area contributed by atoms with Crippen LogP contribution in [0.1, 0.15) is 42.2 Å². The van der Waals surface area contributed by atoms with Crippen molar-refractivity contribution in [3.8, 4) is 5.75 Å². The average molecular weight is 455 g/mol. The number of phenols is 1. The van der Waals surface area contributed by atoms with Crippen LogP contribution in [0.25, 0.3) is 0 Å². The van der Waals surface area contributed by atoms with Gasteiger partial charge in [0.05, 0.1) is 19.6 Å². The fourth-order valence-electron chi connectivity index (χ4n) is 3.89. The molecule has 178 valence electrons. The van der Waals surface area contributed by atoms with Gasteiger partial charge in [0.25, 0.3) is 0 Å². The number of aliphatic carboxylic acids is 1. The van der Waals surface area contributed by atoms with Crippen LogP contribution in [0.2, 0.25) is 0 Å². The quantitative estimate of drug-likeness (QED) is 0.459. The number of phenolic OH excluding ortho intramolecular Hbond substituents is 1. The highest BCUT2D eigenvalue weighted by Gasteiger charge is 2.20. The van der Waals surface area contributed by atoms with Gasteiger partial charge in [0.1, 0.15) is 17.4 Å². The fraction of sp³-hybridized carbons (Fsp3) is 0.458. The highest BCUT2D eigenvalue weighted by molar-refractivity contribution is 5.69. The number of carboxylic acid groups (broad SMARTS) is 1. The third kappa shape index (κ3) is 6.43. The lowest BCUT2D eigenvalue weighted by Gasteiger charge is -2.27. The van der Waals surface area contributed by atoms with Crippen molar-refractivity contribution in [2.24, 2.45) is 14.1 Å². The van der Waals surface area contributed by atoms with Crippen LogP contribution < -0.4 is 0 Å². The van der Waals surface area contributed by atoms with E-state index in [1.165, 1.54) is 0 Å². The second-order valence-corrected chi connectivity index (χ2v) is 8.88. The summed E-state index contributed by atoms with van der Waals surface area (Å²) < 4.78 is 3.87. The molecule has 0 unspecified atom stereocenters. The van der Waals surface area contributed by atoms with E-state index in [-0.39, 0.29) is 18.3 Å². The molecule has 3 aromatic rings. The summed E-state index contributed by atoms with van der Waals surface area (Å²) >= 11 is 0. The number of aryl methyl sites for hydroxylation is 3. The minimum absolute atomic E-state index is 0.146. The van der Waals surface area contributed by atoms with Crippen molar-refractivity contribution in [1.29, 1.82) is 0 Å². The minimum atomic E-state index is -0.919. The van der Waals surface area contributed by atoms with E-state index in [9.17, 15) is 15.0 Å². The zero-order valence-electron chi connectivity index (χ0n) is 20.1. The molecule has 2 aromatic heterocycles. The molecule has 0 fully saturated rings. The molecular weight excluding hydrogens is 420 g/mol. The Hall–Kier alpha value is -3.17. The number of hydrogen-bond acceptors (Lipinski definition) is 6. The zero-order chi connectivity index (χ0) is 24.1. The molecule has 3 rings (SSSR count). The minimum Gasteiger partial charge on any atom is -0.507 e. The summed E-state index contributed by atoms with van der Waals surface area (Å²) in [6.45, 7) is 7.99. The molecule has 0 saturated carbocycles. The second-order valence-electron chi connectivity index (χ2n) is 8.88. The Balaban J connectivity index is 1.84. The van der Waals surface area contributed by atoms with Crippen LogP contribution in [0.15, 0.2) is 36.9 Å². The lowest BCUT2D eigenvalue weighted by Crippen LogP contribution is -2.31. The number of aromatic nitrogens is 4. The number of carboxylic acids is 1. The zero-order valence-corrected chi connectivity index (χ0v) is 20.1. The summed E-state index contributed by atoms with van der Waals surface area (Å²) in [6.07, 6.45) is 7.24. The molecule has 33 heavy (non-hydrogen) atoms. The summed E-state index contributed by atoms with van der Waals surface area (Å²) in [7, 11) is 3.85. The van der Waals surface area contributed by atoms with Crippen LogP contribution >= 0.6 is 0 Å². The Morgan fingerprint density at radius 3 is 2.00 bits per heavy atom. The van der Waals surface area contributed by atoms with Crippen LogP contribution in [-0.4, -0.2) is 57.7 Å². The number of rotatable bonds is 11. The summed E-state index contributed by atoms with van der Waals surface area (Å²) in [5, 5.41) is 20.6. The van der Waals surface area contributed by atoms with Crippen molar-refractivity contribution >= 4 is 5.97 Å². The summed E-state index contributed by atoms with van der Waals surface area (Å²) in [5.41, 5.74) is 2.55. The standard InChI is InChI=1S/C24H34N6O3/c1-17(2)30(15-22-26-7-9-28(22)5)13-20-11-18(3)10-19(24(20)33)12-29(16-23(31)32)14-21-25-6-8-27(21)4/h6-11,17,33H,12-16H2,1-5H3,(H,31,32). The number of nitrogens with zero attached hydrogens (tertiary/aromatic N) is 6. The van der Waals surface area contributed by atoms with Crippen molar-refractivity contribution in [2.75, 3.05) is 6.54 Å². The van der Waals surface area contributed by atoms with Gasteiger partial charge in [-0.3, -0.25) is 14.6 Å². The lowest BCUT2D eigenvalue weighted by atomic mass is 10.0. The van der Waals surface area contributed by atoms with Gasteiger partial charge in [0, 0.05) is 69.1 Å². The van der Waals surface area contributed by atoms with Crippen LogP contribution in [0.5, 0.6) is 5.75 Å². The number of imidazole rings is 2. The Kier molecular flexibility index (Phi) is 7.88. The molecule has 0 amide bonds.